The molecular weight excluding hydrogens is 386 g/mol. The number of benzene rings is 1. The molecule has 3 rings (SSSR count). The van der Waals surface area contributed by atoms with Crippen LogP contribution in [0.3, 0.4) is 0 Å². The maximum Gasteiger partial charge on any atom is 0.232 e. The monoisotopic (exact) mass is 409 g/mol. The third-order valence-electron chi connectivity index (χ3n) is 6.78. The molecule has 0 radical (unpaired) electrons. The highest BCUT2D eigenvalue weighted by Crippen LogP contribution is 2.72. The van der Waals surface area contributed by atoms with Gasteiger partial charge in [-0.2, -0.15) is 0 Å². The fourth-order valence-corrected chi connectivity index (χ4v) is 6.11. The molecule has 1 aromatic carbocycles. The van der Waals surface area contributed by atoms with Gasteiger partial charge < -0.3 is 14.8 Å². The normalized spacial score (nSPS) is 32.6. The summed E-state index contributed by atoms with van der Waals surface area (Å²) >= 11 is 3.54. The van der Waals surface area contributed by atoms with Gasteiger partial charge in [-0.1, -0.05) is 36.7 Å². The van der Waals surface area contributed by atoms with Gasteiger partial charge in [0.1, 0.15) is 11.5 Å². The molecule has 2 aliphatic carbocycles. The van der Waals surface area contributed by atoms with Crippen LogP contribution in [0.25, 0.3) is 0 Å². The summed E-state index contributed by atoms with van der Waals surface area (Å²) in [7, 11) is 3.12. The molecule has 0 aliphatic heterocycles. The van der Waals surface area contributed by atoms with E-state index in [1.54, 1.807) is 32.4 Å². The van der Waals surface area contributed by atoms with Crippen LogP contribution in [0.4, 0.5) is 5.69 Å². The molecule has 0 aromatic heterocycles. The molecule has 0 saturated heterocycles. The lowest BCUT2D eigenvalue weighted by Gasteiger charge is -2.39. The quantitative estimate of drug-likeness (QED) is 0.767. The van der Waals surface area contributed by atoms with Gasteiger partial charge >= 0.3 is 0 Å². The molecule has 25 heavy (non-hydrogen) atoms. The van der Waals surface area contributed by atoms with Crippen LogP contribution < -0.4 is 14.8 Å². The molecule has 1 aromatic rings. The summed E-state index contributed by atoms with van der Waals surface area (Å²) in [5.74, 6) is 1.16. The van der Waals surface area contributed by atoms with Crippen molar-refractivity contribution >= 4 is 33.3 Å². The highest BCUT2D eigenvalue weighted by molar-refractivity contribution is 9.10. The molecule has 6 heteroatoms. The van der Waals surface area contributed by atoms with Crippen molar-refractivity contribution in [2.45, 2.75) is 38.4 Å². The fraction of sp³-hybridized carbons (Fsp3) is 0.579. The average Bonchev–Trinajstić information content (AvgIpc) is 2.87. The van der Waals surface area contributed by atoms with Gasteiger partial charge in [-0.25, -0.2) is 0 Å². The fourth-order valence-electron chi connectivity index (χ4n) is 4.59. The number of methoxy groups -OCH3 is 2. The van der Waals surface area contributed by atoms with E-state index < -0.39 is 21.1 Å². The Morgan fingerprint density at radius 3 is 2.40 bits per heavy atom. The van der Waals surface area contributed by atoms with Gasteiger partial charge in [-0.15, -0.1) is 0 Å². The molecular formula is C19H24BrNO4. The van der Waals surface area contributed by atoms with E-state index in [9.17, 15) is 9.59 Å². The second-order valence-electron chi connectivity index (χ2n) is 7.68. The van der Waals surface area contributed by atoms with E-state index >= 15 is 0 Å². The zero-order valence-corrected chi connectivity index (χ0v) is 16.8. The minimum absolute atomic E-state index is 0.126. The number of hydrogen-bond donors (Lipinski definition) is 1. The van der Waals surface area contributed by atoms with E-state index in [1.165, 1.54) is 0 Å². The Hall–Kier alpha value is -1.56. The molecule has 136 valence electrons. The Morgan fingerprint density at radius 2 is 1.88 bits per heavy atom. The summed E-state index contributed by atoms with van der Waals surface area (Å²) in [4.78, 5) is 25.7. The molecule has 1 N–H and O–H groups in total. The molecule has 0 heterocycles. The van der Waals surface area contributed by atoms with Crippen molar-refractivity contribution < 1.29 is 19.1 Å². The Balaban J connectivity index is 1.98. The molecule has 2 fully saturated rings. The molecule has 2 bridgehead atoms. The highest BCUT2D eigenvalue weighted by Gasteiger charge is 2.76. The van der Waals surface area contributed by atoms with Crippen LogP contribution in [-0.4, -0.2) is 30.7 Å². The van der Waals surface area contributed by atoms with E-state index in [0.717, 1.165) is 6.42 Å². The van der Waals surface area contributed by atoms with Crippen LogP contribution >= 0.6 is 15.9 Å². The van der Waals surface area contributed by atoms with Crippen molar-refractivity contribution in [3.05, 3.63) is 18.2 Å². The Labute approximate surface area is 156 Å². The van der Waals surface area contributed by atoms with Gasteiger partial charge in [0, 0.05) is 11.5 Å². The van der Waals surface area contributed by atoms with Gasteiger partial charge in [-0.05, 0) is 30.4 Å². The average molecular weight is 410 g/mol. The second kappa shape index (κ2) is 5.73. The van der Waals surface area contributed by atoms with Crippen LogP contribution in [0.5, 0.6) is 11.5 Å². The van der Waals surface area contributed by atoms with Crippen molar-refractivity contribution in [1.29, 1.82) is 0 Å². The van der Waals surface area contributed by atoms with E-state index in [0.29, 0.717) is 23.6 Å². The topological polar surface area (TPSA) is 64.6 Å². The van der Waals surface area contributed by atoms with Crippen LogP contribution in [0.1, 0.15) is 33.6 Å². The van der Waals surface area contributed by atoms with Crippen molar-refractivity contribution in [2.75, 3.05) is 19.5 Å². The third kappa shape index (κ3) is 2.12. The lowest BCUT2D eigenvalue weighted by atomic mass is 9.64. The number of Topliss-reactive ketones (excluding diaryl/α,β-unsaturated/α-hetero) is 1. The Kier molecular flexibility index (Phi) is 4.18. The van der Waals surface area contributed by atoms with Crippen molar-refractivity contribution in [3.8, 4) is 11.5 Å². The predicted octanol–water partition coefficient (Wildman–Crippen LogP) is 3.80. The summed E-state index contributed by atoms with van der Waals surface area (Å²) in [6.45, 7) is 6.05. The van der Waals surface area contributed by atoms with Crippen LogP contribution in [0.2, 0.25) is 0 Å². The summed E-state index contributed by atoms with van der Waals surface area (Å²) < 4.78 is 10.6. The first-order chi connectivity index (χ1) is 11.7. The number of ketones is 1. The number of anilines is 1. The zero-order chi connectivity index (χ0) is 18.6. The summed E-state index contributed by atoms with van der Waals surface area (Å²) in [5, 5.41) is 3.00. The minimum Gasteiger partial charge on any atom is -0.497 e. The van der Waals surface area contributed by atoms with Gasteiger partial charge in [0.05, 0.1) is 30.1 Å². The largest absolute Gasteiger partial charge is 0.497 e. The van der Waals surface area contributed by atoms with Gasteiger partial charge in [0.25, 0.3) is 0 Å². The number of fused-ring (bicyclic) bond motifs is 2. The smallest absolute Gasteiger partial charge is 0.232 e. The number of halogens is 1. The SMILES string of the molecule is COc1ccc(NC(=O)[C@@]23CC[C@](C)(C(=O)[C@H]2Br)C3(C)C)c(OC)c1. The Bertz CT molecular complexity index is 747. The number of nitrogens with one attached hydrogen (secondary N) is 1. The van der Waals surface area contributed by atoms with E-state index in [4.69, 9.17) is 9.47 Å². The molecule has 5 nitrogen and oxygen atoms in total. The summed E-state index contributed by atoms with van der Waals surface area (Å²) in [6.07, 6.45) is 1.41. The van der Waals surface area contributed by atoms with Crippen molar-refractivity contribution in [2.24, 2.45) is 16.2 Å². The van der Waals surface area contributed by atoms with E-state index in [1.807, 2.05) is 20.8 Å². The lowest BCUT2D eigenvalue weighted by Crippen LogP contribution is -2.48. The predicted molar refractivity (Wildman–Crippen MR) is 99.5 cm³/mol. The van der Waals surface area contributed by atoms with Crippen molar-refractivity contribution in [3.63, 3.8) is 0 Å². The Morgan fingerprint density at radius 1 is 1.20 bits per heavy atom. The zero-order valence-electron chi connectivity index (χ0n) is 15.2. The first-order valence-electron chi connectivity index (χ1n) is 8.37. The number of carbonyl (C=O) groups excluding carboxylic acids is 2. The first kappa shape index (κ1) is 18.2. The second-order valence-corrected chi connectivity index (χ2v) is 8.59. The molecule has 2 saturated carbocycles. The lowest BCUT2D eigenvalue weighted by molar-refractivity contribution is -0.130. The van der Waals surface area contributed by atoms with Gasteiger partial charge in [0.15, 0.2) is 5.78 Å². The molecule has 3 atom stereocenters. The molecule has 0 unspecified atom stereocenters. The van der Waals surface area contributed by atoms with Crippen LogP contribution in [0, 0.1) is 16.2 Å². The summed E-state index contributed by atoms with van der Waals surface area (Å²) in [5.41, 5.74) is -1.12. The number of alkyl halides is 1. The van der Waals surface area contributed by atoms with E-state index in [-0.39, 0.29) is 11.7 Å². The number of amides is 1. The molecule has 0 spiro atoms. The number of rotatable bonds is 4. The number of hydrogen-bond acceptors (Lipinski definition) is 4. The first-order valence-corrected chi connectivity index (χ1v) is 9.29. The maximum absolute atomic E-state index is 13.4. The summed E-state index contributed by atoms with van der Waals surface area (Å²) in [6, 6.07) is 5.25. The number of ether oxygens (including phenoxy) is 2. The van der Waals surface area contributed by atoms with Crippen LogP contribution in [-0.2, 0) is 9.59 Å². The van der Waals surface area contributed by atoms with Gasteiger partial charge in [0.2, 0.25) is 5.91 Å². The van der Waals surface area contributed by atoms with Crippen LogP contribution in [0.15, 0.2) is 18.2 Å². The maximum atomic E-state index is 13.4. The molecule has 2 aliphatic rings. The van der Waals surface area contributed by atoms with E-state index in [2.05, 4.69) is 21.2 Å². The number of carbonyl (C=O) groups is 2. The minimum atomic E-state index is -0.774. The molecule has 1 amide bonds. The van der Waals surface area contributed by atoms with Gasteiger partial charge in [-0.3, -0.25) is 9.59 Å². The standard InChI is InChI=1S/C19H24BrNO4/c1-17(2)18(3)8-9-19(17,14(20)15(18)22)16(23)21-12-7-6-11(24-4)10-13(12)25-5/h6-7,10,14H,8-9H2,1-5H3,(H,21,23)/t14-,18-,19-/m1/s1. The van der Waals surface area contributed by atoms with Crippen molar-refractivity contribution in [1.82, 2.24) is 0 Å². The highest BCUT2D eigenvalue weighted by atomic mass is 79.9. The third-order valence-corrected chi connectivity index (χ3v) is 7.98.